The van der Waals surface area contributed by atoms with Gasteiger partial charge in [0.05, 0.1) is 14.2 Å². The molecule has 0 saturated heterocycles. The first-order valence-electron chi connectivity index (χ1n) is 7.31. The summed E-state index contributed by atoms with van der Waals surface area (Å²) < 4.78 is 10.7. The molecule has 1 aliphatic carbocycles. The molecule has 0 amide bonds. The van der Waals surface area contributed by atoms with Gasteiger partial charge < -0.3 is 19.7 Å². The summed E-state index contributed by atoms with van der Waals surface area (Å²) in [5, 5.41) is 3.56. The summed E-state index contributed by atoms with van der Waals surface area (Å²) in [6.07, 6.45) is 2.72. The molecule has 0 aliphatic heterocycles. The van der Waals surface area contributed by atoms with Gasteiger partial charge >= 0.3 is 0 Å². The summed E-state index contributed by atoms with van der Waals surface area (Å²) in [7, 11) is 5.58. The summed E-state index contributed by atoms with van der Waals surface area (Å²) in [6, 6.07) is 7.07. The zero-order chi connectivity index (χ0) is 14.5. The van der Waals surface area contributed by atoms with Gasteiger partial charge in [0.15, 0.2) is 0 Å². The zero-order valence-electron chi connectivity index (χ0n) is 13.0. The first kappa shape index (κ1) is 15.1. The van der Waals surface area contributed by atoms with Crippen LogP contribution in [0.1, 0.15) is 31.4 Å². The standard InChI is InChI=1S/C16H26N2O2/c1-12(17-9-10-18(2)13-5-6-13)15-8-7-14(19-3)11-16(15)20-4/h7-8,11-13,17H,5-6,9-10H2,1-4H3. The number of likely N-dealkylation sites (N-methyl/N-ethyl adjacent to an activating group) is 1. The van der Waals surface area contributed by atoms with Crippen molar-refractivity contribution in [1.82, 2.24) is 10.2 Å². The van der Waals surface area contributed by atoms with E-state index in [0.29, 0.717) is 0 Å². The summed E-state index contributed by atoms with van der Waals surface area (Å²) in [4.78, 5) is 2.44. The van der Waals surface area contributed by atoms with Gasteiger partial charge in [0, 0.05) is 36.8 Å². The third-order valence-electron chi connectivity index (χ3n) is 3.99. The molecule has 1 atom stereocenters. The number of benzene rings is 1. The SMILES string of the molecule is COc1ccc(C(C)NCCN(C)C2CC2)c(OC)c1. The summed E-state index contributed by atoms with van der Waals surface area (Å²) >= 11 is 0. The van der Waals surface area contributed by atoms with E-state index in [-0.39, 0.29) is 6.04 Å². The highest BCUT2D eigenvalue weighted by molar-refractivity contribution is 5.42. The third kappa shape index (κ3) is 3.87. The highest BCUT2D eigenvalue weighted by atomic mass is 16.5. The van der Waals surface area contributed by atoms with Crippen molar-refractivity contribution in [3.8, 4) is 11.5 Å². The molecule has 112 valence electrons. The molecule has 2 rings (SSSR count). The van der Waals surface area contributed by atoms with E-state index >= 15 is 0 Å². The quantitative estimate of drug-likeness (QED) is 0.792. The van der Waals surface area contributed by atoms with Crippen LogP contribution in [0.25, 0.3) is 0 Å². The number of nitrogens with one attached hydrogen (secondary N) is 1. The molecule has 1 aliphatic rings. The van der Waals surface area contributed by atoms with Crippen LogP contribution in [0.3, 0.4) is 0 Å². The van der Waals surface area contributed by atoms with Crippen LogP contribution in [0.5, 0.6) is 11.5 Å². The monoisotopic (exact) mass is 278 g/mol. The lowest BCUT2D eigenvalue weighted by atomic mass is 10.1. The lowest BCUT2D eigenvalue weighted by Gasteiger charge is -2.20. The van der Waals surface area contributed by atoms with Crippen LogP contribution < -0.4 is 14.8 Å². The molecule has 4 nitrogen and oxygen atoms in total. The maximum absolute atomic E-state index is 5.45. The van der Waals surface area contributed by atoms with Crippen molar-refractivity contribution >= 4 is 0 Å². The molecule has 1 fully saturated rings. The normalized spacial score (nSPS) is 16.2. The van der Waals surface area contributed by atoms with E-state index < -0.39 is 0 Å². The molecule has 1 saturated carbocycles. The Morgan fingerprint density at radius 2 is 2.05 bits per heavy atom. The van der Waals surface area contributed by atoms with Crippen LogP contribution in [0.2, 0.25) is 0 Å². The van der Waals surface area contributed by atoms with Gasteiger partial charge in [0.25, 0.3) is 0 Å². The van der Waals surface area contributed by atoms with E-state index in [4.69, 9.17) is 9.47 Å². The maximum Gasteiger partial charge on any atom is 0.127 e. The third-order valence-corrected chi connectivity index (χ3v) is 3.99. The molecule has 20 heavy (non-hydrogen) atoms. The van der Waals surface area contributed by atoms with E-state index in [1.807, 2.05) is 12.1 Å². The first-order chi connectivity index (χ1) is 9.65. The Hall–Kier alpha value is -1.26. The Morgan fingerprint density at radius 1 is 1.30 bits per heavy atom. The van der Waals surface area contributed by atoms with E-state index in [0.717, 1.165) is 30.6 Å². The average molecular weight is 278 g/mol. The van der Waals surface area contributed by atoms with Crippen LogP contribution in [0, 0.1) is 0 Å². The Bertz CT molecular complexity index is 432. The van der Waals surface area contributed by atoms with E-state index in [9.17, 15) is 0 Å². The molecular formula is C16H26N2O2. The highest BCUT2D eigenvalue weighted by Gasteiger charge is 2.25. The number of hydrogen-bond acceptors (Lipinski definition) is 4. The van der Waals surface area contributed by atoms with E-state index in [1.54, 1.807) is 14.2 Å². The molecule has 4 heteroatoms. The molecule has 0 aromatic heterocycles. The van der Waals surface area contributed by atoms with Crippen molar-refractivity contribution in [2.45, 2.75) is 31.8 Å². The van der Waals surface area contributed by atoms with Gasteiger partial charge in [0.1, 0.15) is 11.5 Å². The maximum atomic E-state index is 5.45. The predicted molar refractivity (Wildman–Crippen MR) is 81.6 cm³/mol. The smallest absolute Gasteiger partial charge is 0.127 e. The minimum Gasteiger partial charge on any atom is -0.497 e. The highest BCUT2D eigenvalue weighted by Crippen LogP contribution is 2.29. The average Bonchev–Trinajstić information content (AvgIpc) is 3.30. The minimum absolute atomic E-state index is 0.267. The Balaban J connectivity index is 1.88. The van der Waals surface area contributed by atoms with Gasteiger partial charge in [0.2, 0.25) is 0 Å². The number of hydrogen-bond donors (Lipinski definition) is 1. The van der Waals surface area contributed by atoms with Gasteiger partial charge in [-0.15, -0.1) is 0 Å². The molecule has 1 aromatic carbocycles. The lowest BCUT2D eigenvalue weighted by molar-refractivity contribution is 0.315. The first-order valence-corrected chi connectivity index (χ1v) is 7.31. The number of rotatable bonds is 8. The van der Waals surface area contributed by atoms with Crippen molar-refractivity contribution in [1.29, 1.82) is 0 Å². The van der Waals surface area contributed by atoms with Crippen LogP contribution in [0.4, 0.5) is 0 Å². The minimum atomic E-state index is 0.267. The van der Waals surface area contributed by atoms with Crippen molar-refractivity contribution in [2.24, 2.45) is 0 Å². The van der Waals surface area contributed by atoms with Crippen LogP contribution in [-0.4, -0.2) is 45.3 Å². The molecule has 1 N–H and O–H groups in total. The summed E-state index contributed by atoms with van der Waals surface area (Å²) in [5.74, 6) is 1.70. The summed E-state index contributed by atoms with van der Waals surface area (Å²) in [5.41, 5.74) is 1.17. The fraction of sp³-hybridized carbons (Fsp3) is 0.625. The van der Waals surface area contributed by atoms with Gasteiger partial charge in [-0.25, -0.2) is 0 Å². The molecular weight excluding hydrogens is 252 g/mol. The van der Waals surface area contributed by atoms with E-state index in [1.165, 1.54) is 18.4 Å². The fourth-order valence-corrected chi connectivity index (χ4v) is 2.44. The lowest BCUT2D eigenvalue weighted by Crippen LogP contribution is -2.32. The Kier molecular flexibility index (Phi) is 5.26. The van der Waals surface area contributed by atoms with Crippen LogP contribution in [0.15, 0.2) is 18.2 Å². The molecule has 0 heterocycles. The van der Waals surface area contributed by atoms with Gasteiger partial charge in [-0.2, -0.15) is 0 Å². The molecule has 1 aromatic rings. The number of methoxy groups -OCH3 is 2. The number of ether oxygens (including phenoxy) is 2. The van der Waals surface area contributed by atoms with Crippen molar-refractivity contribution in [2.75, 3.05) is 34.4 Å². The predicted octanol–water partition coefficient (Wildman–Crippen LogP) is 2.45. The second kappa shape index (κ2) is 6.95. The second-order valence-corrected chi connectivity index (χ2v) is 5.50. The summed E-state index contributed by atoms with van der Waals surface area (Å²) in [6.45, 7) is 4.25. The van der Waals surface area contributed by atoms with Crippen molar-refractivity contribution in [3.05, 3.63) is 23.8 Å². The topological polar surface area (TPSA) is 33.7 Å². The number of nitrogens with zero attached hydrogens (tertiary/aromatic N) is 1. The molecule has 0 bridgehead atoms. The van der Waals surface area contributed by atoms with Gasteiger partial charge in [-0.1, -0.05) is 6.07 Å². The fourth-order valence-electron chi connectivity index (χ4n) is 2.44. The van der Waals surface area contributed by atoms with Crippen LogP contribution in [-0.2, 0) is 0 Å². The second-order valence-electron chi connectivity index (χ2n) is 5.50. The van der Waals surface area contributed by atoms with Gasteiger partial charge in [-0.3, -0.25) is 0 Å². The largest absolute Gasteiger partial charge is 0.497 e. The van der Waals surface area contributed by atoms with Crippen molar-refractivity contribution < 1.29 is 9.47 Å². The van der Waals surface area contributed by atoms with E-state index in [2.05, 4.69) is 30.3 Å². The molecule has 0 radical (unpaired) electrons. The van der Waals surface area contributed by atoms with Gasteiger partial charge in [-0.05, 0) is 32.9 Å². The zero-order valence-corrected chi connectivity index (χ0v) is 13.0. The molecule has 1 unspecified atom stereocenters. The Morgan fingerprint density at radius 3 is 2.65 bits per heavy atom. The van der Waals surface area contributed by atoms with Crippen molar-refractivity contribution in [3.63, 3.8) is 0 Å². The Labute approximate surface area is 122 Å². The molecule has 0 spiro atoms. The van der Waals surface area contributed by atoms with Crippen LogP contribution >= 0.6 is 0 Å².